The summed E-state index contributed by atoms with van der Waals surface area (Å²) in [5.41, 5.74) is -0.584. The number of rotatable bonds is 5. The van der Waals surface area contributed by atoms with Crippen LogP contribution in [-0.4, -0.2) is 18.4 Å². The van der Waals surface area contributed by atoms with Gasteiger partial charge in [-0.2, -0.15) is 13.2 Å². The van der Waals surface area contributed by atoms with Crippen LogP contribution in [-0.2, 0) is 15.8 Å². The van der Waals surface area contributed by atoms with Gasteiger partial charge < -0.3 is 10.2 Å². The number of alkyl halides is 3. The van der Waals surface area contributed by atoms with Crippen molar-refractivity contribution in [3.8, 4) is 0 Å². The molecular weight excluding hydrogens is 352 g/mol. The smallest absolute Gasteiger partial charge is 0.326 e. The lowest BCUT2D eigenvalue weighted by molar-refractivity contribution is -0.137. The van der Waals surface area contributed by atoms with Gasteiger partial charge in [-0.05, 0) is 36.4 Å². The molecule has 1 N–H and O–H groups in total. The number of halogens is 4. The zero-order valence-corrected chi connectivity index (χ0v) is 13.8. The molecular formula is C18H16F4N2O2. The molecule has 0 heterocycles. The lowest BCUT2D eigenvalue weighted by Crippen LogP contribution is -2.32. The topological polar surface area (TPSA) is 49.4 Å². The van der Waals surface area contributed by atoms with E-state index in [0.29, 0.717) is 0 Å². The summed E-state index contributed by atoms with van der Waals surface area (Å²) in [6.07, 6.45) is -4.69. The van der Waals surface area contributed by atoms with Crippen molar-refractivity contribution in [2.24, 2.45) is 0 Å². The van der Waals surface area contributed by atoms with Gasteiger partial charge in [0.25, 0.3) is 0 Å². The predicted octanol–water partition coefficient (Wildman–Crippen LogP) is 4.23. The van der Waals surface area contributed by atoms with Gasteiger partial charge in [-0.3, -0.25) is 9.59 Å². The zero-order valence-electron chi connectivity index (χ0n) is 13.8. The van der Waals surface area contributed by atoms with Gasteiger partial charge in [0.15, 0.2) is 0 Å². The van der Waals surface area contributed by atoms with E-state index in [0.717, 1.165) is 23.1 Å². The van der Waals surface area contributed by atoms with Gasteiger partial charge in [-0.15, -0.1) is 0 Å². The summed E-state index contributed by atoms with van der Waals surface area (Å²) < 4.78 is 51.6. The average molecular weight is 368 g/mol. The number of benzene rings is 2. The van der Waals surface area contributed by atoms with Crippen molar-refractivity contribution in [2.45, 2.75) is 19.5 Å². The molecule has 0 atom stereocenters. The zero-order chi connectivity index (χ0) is 19.3. The van der Waals surface area contributed by atoms with Crippen LogP contribution >= 0.6 is 0 Å². The maximum absolute atomic E-state index is 13.1. The molecule has 0 saturated heterocycles. The van der Waals surface area contributed by atoms with E-state index in [9.17, 15) is 27.2 Å². The average Bonchev–Trinajstić information content (AvgIpc) is 2.54. The van der Waals surface area contributed by atoms with E-state index in [4.69, 9.17) is 0 Å². The maximum atomic E-state index is 13.1. The van der Waals surface area contributed by atoms with E-state index >= 15 is 0 Å². The van der Waals surface area contributed by atoms with Crippen molar-refractivity contribution in [1.82, 2.24) is 0 Å². The van der Waals surface area contributed by atoms with Gasteiger partial charge >= 0.3 is 6.18 Å². The number of nitrogens with one attached hydrogen (secondary N) is 1. The van der Waals surface area contributed by atoms with Crippen molar-refractivity contribution in [2.75, 3.05) is 16.8 Å². The first-order valence-electron chi connectivity index (χ1n) is 7.67. The molecule has 26 heavy (non-hydrogen) atoms. The Kier molecular flexibility index (Phi) is 5.97. The number of carbonyl (C=O) groups excluding carboxylic acids is 2. The molecule has 8 heteroatoms. The van der Waals surface area contributed by atoms with Crippen LogP contribution in [0.25, 0.3) is 0 Å². The highest BCUT2D eigenvalue weighted by molar-refractivity contribution is 5.94. The number of carbonyl (C=O) groups is 2. The van der Waals surface area contributed by atoms with Crippen molar-refractivity contribution >= 4 is 23.2 Å². The van der Waals surface area contributed by atoms with Crippen LogP contribution in [0.2, 0.25) is 0 Å². The summed E-state index contributed by atoms with van der Waals surface area (Å²) in [6, 6.07) is 9.59. The molecule has 0 radical (unpaired) electrons. The molecule has 0 aliphatic carbocycles. The molecule has 0 saturated carbocycles. The van der Waals surface area contributed by atoms with Crippen LogP contribution in [0.4, 0.5) is 28.9 Å². The second kappa shape index (κ2) is 7.99. The van der Waals surface area contributed by atoms with Gasteiger partial charge in [-0.1, -0.05) is 12.1 Å². The summed E-state index contributed by atoms with van der Waals surface area (Å²) in [7, 11) is 0. The Labute approximate surface area is 147 Å². The summed E-state index contributed by atoms with van der Waals surface area (Å²) in [6.45, 7) is 1.09. The molecule has 0 unspecified atom stereocenters. The second-order valence-electron chi connectivity index (χ2n) is 5.53. The van der Waals surface area contributed by atoms with Gasteiger partial charge in [0.05, 0.1) is 5.56 Å². The van der Waals surface area contributed by atoms with E-state index in [1.165, 1.54) is 37.3 Å². The van der Waals surface area contributed by atoms with Crippen LogP contribution in [0.3, 0.4) is 0 Å². The SMILES string of the molecule is CC(=O)N(CCC(=O)Nc1cccc(F)c1)c1cccc(C(F)(F)F)c1. The number of hydrogen-bond acceptors (Lipinski definition) is 2. The predicted molar refractivity (Wildman–Crippen MR) is 89.1 cm³/mol. The normalized spacial score (nSPS) is 11.1. The van der Waals surface area contributed by atoms with E-state index in [1.807, 2.05) is 0 Å². The Bertz CT molecular complexity index is 806. The Morgan fingerprint density at radius 1 is 1.08 bits per heavy atom. The quantitative estimate of drug-likeness (QED) is 0.803. The van der Waals surface area contributed by atoms with Crippen LogP contribution in [0.15, 0.2) is 48.5 Å². The molecule has 2 aromatic rings. The highest BCUT2D eigenvalue weighted by atomic mass is 19.4. The fourth-order valence-corrected chi connectivity index (χ4v) is 2.32. The Morgan fingerprint density at radius 3 is 2.38 bits per heavy atom. The summed E-state index contributed by atoms with van der Waals surface area (Å²) >= 11 is 0. The minimum absolute atomic E-state index is 0.0471. The third-order valence-corrected chi connectivity index (χ3v) is 3.54. The molecule has 0 spiro atoms. The van der Waals surface area contributed by atoms with Crippen molar-refractivity contribution in [3.63, 3.8) is 0 Å². The molecule has 0 fully saturated rings. The highest BCUT2D eigenvalue weighted by Gasteiger charge is 2.31. The van der Waals surface area contributed by atoms with Crippen molar-refractivity contribution < 1.29 is 27.2 Å². The van der Waals surface area contributed by atoms with Crippen molar-refractivity contribution in [3.05, 3.63) is 59.9 Å². The number of amides is 2. The van der Waals surface area contributed by atoms with Gasteiger partial charge in [0.1, 0.15) is 5.82 Å². The fraction of sp³-hybridized carbons (Fsp3) is 0.222. The summed E-state index contributed by atoms with van der Waals surface area (Å²) in [5.74, 6) is -1.51. The van der Waals surface area contributed by atoms with Crippen molar-refractivity contribution in [1.29, 1.82) is 0 Å². The molecule has 4 nitrogen and oxygen atoms in total. The first-order valence-corrected chi connectivity index (χ1v) is 7.67. The molecule has 2 aromatic carbocycles. The molecule has 0 bridgehead atoms. The van der Waals surface area contributed by atoms with Crippen LogP contribution in [0, 0.1) is 5.82 Å². The number of hydrogen-bond donors (Lipinski definition) is 1. The Morgan fingerprint density at radius 2 is 1.77 bits per heavy atom. The fourth-order valence-electron chi connectivity index (χ4n) is 2.32. The van der Waals surface area contributed by atoms with E-state index in [2.05, 4.69) is 5.32 Å². The van der Waals surface area contributed by atoms with Gasteiger partial charge in [0, 0.05) is 31.3 Å². The minimum Gasteiger partial charge on any atom is -0.326 e. The van der Waals surface area contributed by atoms with Gasteiger partial charge in [-0.25, -0.2) is 4.39 Å². The summed E-state index contributed by atoms with van der Waals surface area (Å²) in [4.78, 5) is 24.8. The Hall–Kier alpha value is -2.90. The van der Waals surface area contributed by atoms with E-state index in [1.54, 1.807) is 0 Å². The minimum atomic E-state index is -4.53. The second-order valence-corrected chi connectivity index (χ2v) is 5.53. The Balaban J connectivity index is 2.07. The third kappa shape index (κ3) is 5.30. The van der Waals surface area contributed by atoms with E-state index in [-0.39, 0.29) is 24.3 Å². The third-order valence-electron chi connectivity index (χ3n) is 3.54. The summed E-state index contributed by atoms with van der Waals surface area (Å²) in [5, 5.41) is 2.47. The largest absolute Gasteiger partial charge is 0.416 e. The van der Waals surface area contributed by atoms with Crippen LogP contribution in [0.1, 0.15) is 18.9 Å². The van der Waals surface area contributed by atoms with Crippen LogP contribution < -0.4 is 10.2 Å². The molecule has 138 valence electrons. The van der Waals surface area contributed by atoms with Gasteiger partial charge in [0.2, 0.25) is 11.8 Å². The van der Waals surface area contributed by atoms with Crippen LogP contribution in [0.5, 0.6) is 0 Å². The maximum Gasteiger partial charge on any atom is 0.416 e. The molecule has 2 rings (SSSR count). The number of anilines is 2. The molecule has 0 aliphatic heterocycles. The molecule has 0 aromatic heterocycles. The lowest BCUT2D eigenvalue weighted by atomic mass is 10.1. The monoisotopic (exact) mass is 368 g/mol. The lowest BCUT2D eigenvalue weighted by Gasteiger charge is -2.22. The van der Waals surface area contributed by atoms with E-state index < -0.39 is 29.4 Å². The number of nitrogens with zero attached hydrogens (tertiary/aromatic N) is 1. The highest BCUT2D eigenvalue weighted by Crippen LogP contribution is 2.31. The molecule has 0 aliphatic rings. The molecule has 2 amide bonds. The standard InChI is InChI=1S/C18H16F4N2O2/c1-12(25)24(16-7-2-4-13(10-16)18(20,21)22)9-8-17(26)23-15-6-3-5-14(19)11-15/h2-7,10-11H,8-9H2,1H3,(H,23,26). The first-order chi connectivity index (χ1) is 12.2. The first kappa shape index (κ1) is 19.4.